The lowest BCUT2D eigenvalue weighted by Crippen LogP contribution is -2.40. The molecule has 9 nitrogen and oxygen atoms in total. The fraction of sp³-hybridized carbons (Fsp3) is 0.179. The molecule has 192 valence electrons. The summed E-state index contributed by atoms with van der Waals surface area (Å²) in [4.78, 5) is 62.1. The molecule has 2 aromatic carbocycles. The Morgan fingerprint density at radius 2 is 1.79 bits per heavy atom. The van der Waals surface area contributed by atoms with Crippen LogP contribution in [0.2, 0.25) is 0 Å². The molecule has 1 amide bonds. The van der Waals surface area contributed by atoms with Crippen LogP contribution in [0.15, 0.2) is 81.7 Å². The van der Waals surface area contributed by atoms with Crippen LogP contribution < -0.4 is 20.0 Å². The number of benzene rings is 2. The summed E-state index contributed by atoms with van der Waals surface area (Å²) in [5.74, 6) is -1.88. The van der Waals surface area contributed by atoms with E-state index in [9.17, 15) is 19.2 Å². The number of hydroxylamine groups is 1. The quantitative estimate of drug-likeness (QED) is 0.471. The van der Waals surface area contributed by atoms with E-state index in [1.54, 1.807) is 44.2 Å². The predicted octanol–water partition coefficient (Wildman–Crippen LogP) is 2.66. The van der Waals surface area contributed by atoms with Crippen LogP contribution >= 0.6 is 11.3 Å². The third-order valence-electron chi connectivity index (χ3n) is 6.04. The van der Waals surface area contributed by atoms with Gasteiger partial charge in [-0.1, -0.05) is 72.0 Å². The van der Waals surface area contributed by atoms with Crippen molar-refractivity contribution in [3.63, 3.8) is 0 Å². The molecule has 0 radical (unpaired) electrons. The van der Waals surface area contributed by atoms with Gasteiger partial charge < -0.3 is 9.57 Å². The minimum absolute atomic E-state index is 0.107. The van der Waals surface area contributed by atoms with Crippen molar-refractivity contribution in [1.29, 1.82) is 0 Å². The van der Waals surface area contributed by atoms with Crippen LogP contribution in [-0.4, -0.2) is 29.0 Å². The van der Waals surface area contributed by atoms with Crippen LogP contribution in [0.3, 0.4) is 0 Å². The van der Waals surface area contributed by atoms with E-state index in [1.807, 2.05) is 36.4 Å². The number of para-hydroxylation sites is 1. The summed E-state index contributed by atoms with van der Waals surface area (Å²) in [7, 11) is 0. The van der Waals surface area contributed by atoms with Crippen molar-refractivity contribution in [2.24, 2.45) is 4.99 Å². The van der Waals surface area contributed by atoms with Crippen molar-refractivity contribution in [2.75, 3.05) is 11.7 Å². The van der Waals surface area contributed by atoms with Gasteiger partial charge in [-0.2, -0.15) is 0 Å². The first kappa shape index (κ1) is 25.1. The van der Waals surface area contributed by atoms with Crippen molar-refractivity contribution in [3.05, 3.63) is 103 Å². The molecule has 0 saturated heterocycles. The molecule has 1 aromatic heterocycles. The Balaban J connectivity index is 1.74. The van der Waals surface area contributed by atoms with E-state index >= 15 is 0 Å². The van der Waals surface area contributed by atoms with E-state index in [4.69, 9.17) is 9.57 Å². The summed E-state index contributed by atoms with van der Waals surface area (Å²) in [6.07, 6.45) is 3.57. The van der Waals surface area contributed by atoms with Crippen LogP contribution in [0.5, 0.6) is 0 Å². The summed E-state index contributed by atoms with van der Waals surface area (Å²) in [6, 6.07) is 15.4. The number of nitrogens with zero attached hydrogens (tertiary/aromatic N) is 3. The average Bonchev–Trinajstić information content (AvgIpc) is 3.35. The third kappa shape index (κ3) is 4.28. The lowest BCUT2D eigenvalue weighted by Gasteiger charge is -2.21. The van der Waals surface area contributed by atoms with E-state index in [0.717, 1.165) is 22.0 Å². The van der Waals surface area contributed by atoms with Crippen molar-refractivity contribution in [2.45, 2.75) is 26.8 Å². The molecular formula is C28H23N3O6S. The maximum absolute atomic E-state index is 13.9. The van der Waals surface area contributed by atoms with E-state index in [0.29, 0.717) is 21.7 Å². The molecule has 0 bridgehead atoms. The van der Waals surface area contributed by atoms with Crippen LogP contribution in [0.25, 0.3) is 11.6 Å². The number of allylic oxidation sites excluding steroid dienone is 2. The lowest BCUT2D eigenvalue weighted by atomic mass is 10.0. The molecule has 3 heterocycles. The minimum Gasteiger partial charge on any atom is -0.463 e. The van der Waals surface area contributed by atoms with E-state index in [1.165, 1.54) is 11.5 Å². The summed E-state index contributed by atoms with van der Waals surface area (Å²) in [5.41, 5.74) is 1.97. The van der Waals surface area contributed by atoms with Gasteiger partial charge in [-0.3, -0.25) is 14.2 Å². The van der Waals surface area contributed by atoms with Gasteiger partial charge >= 0.3 is 11.9 Å². The topological polar surface area (TPSA) is 107 Å². The standard InChI is InChI=1S/C28H23N3O6S/c1-4-36-27(35)22-16(2)29-28-30(21(22)15-14-18-10-6-5-7-11-18)26(34)24(38-28)23-19-12-8-9-13-20(19)31(25(23)33)37-17(3)32/h5-15,21H,4H2,1-3H3. The van der Waals surface area contributed by atoms with Gasteiger partial charge in [0.15, 0.2) is 4.80 Å². The second-order valence-corrected chi connectivity index (χ2v) is 9.49. The number of ether oxygens (including phenoxy) is 1. The number of anilines is 1. The van der Waals surface area contributed by atoms with E-state index < -0.39 is 29.4 Å². The van der Waals surface area contributed by atoms with Crippen molar-refractivity contribution < 1.29 is 24.0 Å². The van der Waals surface area contributed by atoms with Crippen LogP contribution in [0.4, 0.5) is 5.69 Å². The second-order valence-electron chi connectivity index (χ2n) is 8.51. The maximum atomic E-state index is 13.9. The molecule has 0 aliphatic carbocycles. The zero-order chi connectivity index (χ0) is 27.0. The monoisotopic (exact) mass is 529 g/mol. The molecule has 3 aromatic rings. The normalized spacial score (nSPS) is 17.8. The molecule has 38 heavy (non-hydrogen) atoms. The molecule has 5 rings (SSSR count). The molecule has 0 saturated carbocycles. The summed E-state index contributed by atoms with van der Waals surface area (Å²) >= 11 is 1.04. The van der Waals surface area contributed by atoms with Crippen LogP contribution in [-0.2, 0) is 24.0 Å². The van der Waals surface area contributed by atoms with Gasteiger partial charge in [0.1, 0.15) is 4.53 Å². The highest BCUT2D eigenvalue weighted by atomic mass is 32.1. The number of carbonyl (C=O) groups excluding carboxylic acids is 3. The molecule has 2 aliphatic rings. The maximum Gasteiger partial charge on any atom is 0.338 e. The van der Waals surface area contributed by atoms with Gasteiger partial charge in [0, 0.05) is 12.5 Å². The van der Waals surface area contributed by atoms with Crippen molar-refractivity contribution in [1.82, 2.24) is 4.57 Å². The first-order chi connectivity index (χ1) is 18.3. The highest BCUT2D eigenvalue weighted by Gasteiger charge is 2.38. The first-order valence-corrected chi connectivity index (χ1v) is 12.7. The fourth-order valence-corrected chi connectivity index (χ4v) is 5.61. The Labute approximate surface area is 221 Å². The Hall–Kier alpha value is -4.57. The van der Waals surface area contributed by atoms with Crippen molar-refractivity contribution in [3.8, 4) is 0 Å². The molecule has 0 spiro atoms. The molecule has 1 unspecified atom stereocenters. The Morgan fingerprint density at radius 1 is 1.08 bits per heavy atom. The minimum atomic E-state index is -0.809. The Morgan fingerprint density at radius 3 is 2.50 bits per heavy atom. The smallest absolute Gasteiger partial charge is 0.338 e. The average molecular weight is 530 g/mol. The highest BCUT2D eigenvalue weighted by Crippen LogP contribution is 2.35. The van der Waals surface area contributed by atoms with Crippen molar-refractivity contribution >= 4 is 46.5 Å². The summed E-state index contributed by atoms with van der Waals surface area (Å²) in [5, 5.41) is 0.896. The molecule has 0 fully saturated rings. The lowest BCUT2D eigenvalue weighted by molar-refractivity contribution is -0.146. The molecule has 10 heteroatoms. The summed E-state index contributed by atoms with van der Waals surface area (Å²) in [6.45, 7) is 4.75. The number of carbonyl (C=O) groups is 3. The van der Waals surface area contributed by atoms with Crippen LogP contribution in [0.1, 0.15) is 37.9 Å². The summed E-state index contributed by atoms with van der Waals surface area (Å²) < 4.78 is 6.82. The molecule has 0 N–H and O–H groups in total. The Kier molecular flexibility index (Phi) is 6.64. The number of hydrogen-bond acceptors (Lipinski definition) is 8. The number of hydrogen-bond donors (Lipinski definition) is 0. The molecule has 2 aliphatic heterocycles. The molecule has 1 atom stereocenters. The number of aromatic nitrogens is 1. The van der Waals surface area contributed by atoms with E-state index in [2.05, 4.69) is 4.99 Å². The van der Waals surface area contributed by atoms with E-state index in [-0.39, 0.29) is 22.3 Å². The van der Waals surface area contributed by atoms with Gasteiger partial charge in [0.2, 0.25) is 0 Å². The van der Waals surface area contributed by atoms with Gasteiger partial charge in [-0.05, 0) is 25.5 Å². The number of amides is 1. The number of fused-ring (bicyclic) bond motifs is 2. The zero-order valence-corrected chi connectivity index (χ0v) is 21.7. The van der Waals surface area contributed by atoms with Gasteiger partial charge in [0.25, 0.3) is 11.5 Å². The second kappa shape index (κ2) is 10.1. The first-order valence-electron chi connectivity index (χ1n) is 11.9. The predicted molar refractivity (Wildman–Crippen MR) is 141 cm³/mol. The van der Waals surface area contributed by atoms with Gasteiger partial charge in [-0.15, -0.1) is 5.06 Å². The highest BCUT2D eigenvalue weighted by molar-refractivity contribution is 7.07. The SMILES string of the molecule is CCOC(=O)C1=C(C)N=c2sc(=C3C(=O)N(OC(C)=O)c4ccccc43)c(=O)n2C1C=Cc1ccccc1. The third-order valence-corrected chi connectivity index (χ3v) is 7.10. The largest absolute Gasteiger partial charge is 0.463 e. The number of thiazole rings is 1. The number of esters is 1. The zero-order valence-electron chi connectivity index (χ0n) is 20.8. The fourth-order valence-electron chi connectivity index (χ4n) is 4.46. The number of rotatable bonds is 5. The molecular weight excluding hydrogens is 506 g/mol. The van der Waals surface area contributed by atoms with Crippen LogP contribution in [0, 0.1) is 0 Å². The Bertz CT molecular complexity index is 1710. The van der Waals surface area contributed by atoms with Gasteiger partial charge in [0.05, 0.1) is 35.2 Å². The van der Waals surface area contributed by atoms with Gasteiger partial charge in [-0.25, -0.2) is 14.6 Å².